The molecule has 1 fully saturated rings. The number of rotatable bonds is 3. The number of nitrogens with zero attached hydrogens (tertiary/aromatic N) is 2. The molecule has 100 valence electrons. The minimum absolute atomic E-state index is 0.158. The zero-order valence-corrected chi connectivity index (χ0v) is 10.7. The van der Waals surface area contributed by atoms with Crippen molar-refractivity contribution >= 4 is 18.0 Å². The Labute approximate surface area is 111 Å². The molecule has 1 aromatic heterocycles. The topological polar surface area (TPSA) is 70.5 Å². The average Bonchev–Trinajstić information content (AvgIpc) is 2.81. The van der Waals surface area contributed by atoms with Gasteiger partial charge in [-0.2, -0.15) is 0 Å². The van der Waals surface area contributed by atoms with E-state index in [0.717, 1.165) is 5.56 Å². The number of carboxylic acids is 1. The van der Waals surface area contributed by atoms with Gasteiger partial charge in [0.1, 0.15) is 0 Å². The Morgan fingerprint density at radius 2 is 2.32 bits per heavy atom. The van der Waals surface area contributed by atoms with Crippen LogP contribution in [0.1, 0.15) is 18.9 Å². The highest BCUT2D eigenvalue weighted by molar-refractivity contribution is 5.92. The fourth-order valence-corrected chi connectivity index (χ4v) is 2.07. The minimum Gasteiger partial charge on any atom is -0.481 e. The maximum atomic E-state index is 12.0. The second-order valence-electron chi connectivity index (χ2n) is 5.00. The van der Waals surface area contributed by atoms with E-state index in [2.05, 4.69) is 4.98 Å². The predicted octanol–water partition coefficient (Wildman–Crippen LogP) is 1.42. The summed E-state index contributed by atoms with van der Waals surface area (Å²) in [4.78, 5) is 28.6. The van der Waals surface area contributed by atoms with Crippen LogP contribution in [0.4, 0.5) is 0 Å². The Morgan fingerprint density at radius 1 is 1.53 bits per heavy atom. The normalized spacial score (nSPS) is 22.9. The molecule has 0 spiro atoms. The molecule has 0 aliphatic carbocycles. The molecular formula is C14H16N2O3. The molecule has 5 heteroatoms. The first-order valence-corrected chi connectivity index (χ1v) is 6.12. The molecule has 5 nitrogen and oxygen atoms in total. The molecule has 1 atom stereocenters. The molecule has 2 heterocycles. The van der Waals surface area contributed by atoms with E-state index in [4.69, 9.17) is 5.11 Å². The van der Waals surface area contributed by atoms with Crippen molar-refractivity contribution in [3.63, 3.8) is 0 Å². The van der Waals surface area contributed by atoms with Crippen LogP contribution >= 0.6 is 0 Å². The molecule has 1 aliphatic rings. The SMILES string of the molecule is CC1(C(=O)O)CCN(C(=O)C=Cc2cccnc2)C1. The zero-order valence-electron chi connectivity index (χ0n) is 10.7. The van der Waals surface area contributed by atoms with Gasteiger partial charge in [0.25, 0.3) is 0 Å². The largest absolute Gasteiger partial charge is 0.481 e. The number of carboxylic acid groups (broad SMARTS) is 1. The van der Waals surface area contributed by atoms with Crippen LogP contribution in [0.15, 0.2) is 30.6 Å². The van der Waals surface area contributed by atoms with Crippen LogP contribution in [0.3, 0.4) is 0 Å². The van der Waals surface area contributed by atoms with Crippen LogP contribution in [0.25, 0.3) is 6.08 Å². The number of likely N-dealkylation sites (tertiary alicyclic amines) is 1. The molecule has 0 radical (unpaired) electrons. The maximum absolute atomic E-state index is 12.0. The lowest BCUT2D eigenvalue weighted by Gasteiger charge is -2.18. The molecule has 0 saturated carbocycles. The van der Waals surface area contributed by atoms with Crippen LogP contribution in [0.2, 0.25) is 0 Å². The molecule has 0 bridgehead atoms. The first-order chi connectivity index (χ1) is 9.01. The van der Waals surface area contributed by atoms with Crippen molar-refractivity contribution in [2.45, 2.75) is 13.3 Å². The van der Waals surface area contributed by atoms with Gasteiger partial charge >= 0.3 is 5.97 Å². The highest BCUT2D eigenvalue weighted by Gasteiger charge is 2.41. The van der Waals surface area contributed by atoms with Gasteiger partial charge in [0.2, 0.25) is 5.91 Å². The highest BCUT2D eigenvalue weighted by atomic mass is 16.4. The summed E-state index contributed by atoms with van der Waals surface area (Å²) in [5.74, 6) is -1.01. The van der Waals surface area contributed by atoms with Crippen molar-refractivity contribution in [3.05, 3.63) is 36.2 Å². The van der Waals surface area contributed by atoms with Gasteiger partial charge in [-0.1, -0.05) is 6.07 Å². The van der Waals surface area contributed by atoms with E-state index >= 15 is 0 Å². The molecule has 1 N–H and O–H groups in total. The van der Waals surface area contributed by atoms with Crippen molar-refractivity contribution in [1.29, 1.82) is 0 Å². The Balaban J connectivity index is 1.99. The number of amides is 1. The third-order valence-corrected chi connectivity index (χ3v) is 3.40. The van der Waals surface area contributed by atoms with Crippen molar-refractivity contribution in [1.82, 2.24) is 9.88 Å². The van der Waals surface area contributed by atoms with E-state index in [1.54, 1.807) is 36.4 Å². The number of pyridine rings is 1. The van der Waals surface area contributed by atoms with Gasteiger partial charge in [-0.25, -0.2) is 0 Å². The molecule has 0 aromatic carbocycles. The Morgan fingerprint density at radius 3 is 2.89 bits per heavy atom. The van der Waals surface area contributed by atoms with Crippen LogP contribution in [-0.2, 0) is 9.59 Å². The van der Waals surface area contributed by atoms with E-state index in [0.29, 0.717) is 13.0 Å². The number of carbonyl (C=O) groups excluding carboxylic acids is 1. The van der Waals surface area contributed by atoms with Crippen molar-refractivity contribution < 1.29 is 14.7 Å². The van der Waals surface area contributed by atoms with Crippen LogP contribution in [0.5, 0.6) is 0 Å². The van der Waals surface area contributed by atoms with E-state index in [1.807, 2.05) is 6.07 Å². The summed E-state index contributed by atoms with van der Waals surface area (Å²) < 4.78 is 0. The Bertz CT molecular complexity index is 513. The molecule has 2 rings (SSSR count). The number of carbonyl (C=O) groups is 2. The molecule has 1 unspecified atom stereocenters. The van der Waals surface area contributed by atoms with Crippen LogP contribution in [0, 0.1) is 5.41 Å². The molecule has 19 heavy (non-hydrogen) atoms. The molecule has 1 amide bonds. The molecular weight excluding hydrogens is 244 g/mol. The summed E-state index contributed by atoms with van der Waals surface area (Å²) in [6.45, 7) is 2.42. The number of aromatic nitrogens is 1. The van der Waals surface area contributed by atoms with Crippen LogP contribution < -0.4 is 0 Å². The fourth-order valence-electron chi connectivity index (χ4n) is 2.07. The third-order valence-electron chi connectivity index (χ3n) is 3.40. The average molecular weight is 260 g/mol. The summed E-state index contributed by atoms with van der Waals surface area (Å²) in [6, 6.07) is 3.64. The minimum atomic E-state index is -0.848. The molecule has 1 aromatic rings. The first-order valence-electron chi connectivity index (χ1n) is 6.12. The standard InChI is InChI=1S/C14H16N2O3/c1-14(13(18)19)6-8-16(10-14)12(17)5-4-11-3-2-7-15-9-11/h2-5,7,9H,6,8,10H2,1H3,(H,18,19). The smallest absolute Gasteiger partial charge is 0.311 e. The lowest BCUT2D eigenvalue weighted by atomic mass is 9.90. The summed E-state index contributed by atoms with van der Waals surface area (Å²) >= 11 is 0. The van der Waals surface area contributed by atoms with Crippen molar-refractivity contribution in [2.24, 2.45) is 5.41 Å². The van der Waals surface area contributed by atoms with Crippen molar-refractivity contribution in [2.75, 3.05) is 13.1 Å². The Kier molecular flexibility index (Phi) is 3.64. The maximum Gasteiger partial charge on any atom is 0.311 e. The van der Waals surface area contributed by atoms with Gasteiger partial charge in [0.05, 0.1) is 5.41 Å². The predicted molar refractivity (Wildman–Crippen MR) is 70.2 cm³/mol. The number of aliphatic carboxylic acids is 1. The van der Waals surface area contributed by atoms with Gasteiger partial charge in [0, 0.05) is 31.6 Å². The second kappa shape index (κ2) is 5.22. The zero-order chi connectivity index (χ0) is 13.9. The lowest BCUT2D eigenvalue weighted by molar-refractivity contribution is -0.147. The van der Waals surface area contributed by atoms with E-state index in [-0.39, 0.29) is 12.5 Å². The lowest BCUT2D eigenvalue weighted by Crippen LogP contribution is -2.34. The van der Waals surface area contributed by atoms with Gasteiger partial charge in [-0.15, -0.1) is 0 Å². The van der Waals surface area contributed by atoms with Gasteiger partial charge in [0.15, 0.2) is 0 Å². The molecule has 1 saturated heterocycles. The van der Waals surface area contributed by atoms with E-state index < -0.39 is 11.4 Å². The third kappa shape index (κ3) is 2.99. The van der Waals surface area contributed by atoms with Gasteiger partial charge in [-0.3, -0.25) is 14.6 Å². The van der Waals surface area contributed by atoms with Gasteiger partial charge < -0.3 is 10.0 Å². The quantitative estimate of drug-likeness (QED) is 0.834. The summed E-state index contributed by atoms with van der Waals surface area (Å²) in [7, 11) is 0. The van der Waals surface area contributed by atoms with E-state index in [1.165, 1.54) is 6.08 Å². The van der Waals surface area contributed by atoms with E-state index in [9.17, 15) is 9.59 Å². The summed E-state index contributed by atoms with van der Waals surface area (Å²) in [5.41, 5.74) is 0.0219. The molecule has 1 aliphatic heterocycles. The summed E-state index contributed by atoms with van der Waals surface area (Å²) in [6.07, 6.45) is 6.97. The number of hydrogen-bond acceptors (Lipinski definition) is 3. The number of hydrogen-bond donors (Lipinski definition) is 1. The summed E-state index contributed by atoms with van der Waals surface area (Å²) in [5, 5.41) is 9.12. The monoisotopic (exact) mass is 260 g/mol. The fraction of sp³-hybridized carbons (Fsp3) is 0.357. The highest BCUT2D eigenvalue weighted by Crippen LogP contribution is 2.30. The van der Waals surface area contributed by atoms with Gasteiger partial charge in [-0.05, 0) is 31.1 Å². The Hall–Kier alpha value is -2.17. The second-order valence-corrected chi connectivity index (χ2v) is 5.00. The van der Waals surface area contributed by atoms with Crippen molar-refractivity contribution in [3.8, 4) is 0 Å². The first kappa shape index (κ1) is 13.3. The van der Waals surface area contributed by atoms with Crippen LogP contribution in [-0.4, -0.2) is 40.0 Å².